The molecule has 10 heteroatoms. The molecule has 1 atom stereocenters. The number of halogens is 1. The van der Waals surface area contributed by atoms with Crippen molar-refractivity contribution in [2.75, 3.05) is 30.8 Å². The summed E-state index contributed by atoms with van der Waals surface area (Å²) >= 11 is 6.54. The van der Waals surface area contributed by atoms with Crippen LogP contribution in [0.25, 0.3) is 10.9 Å². The Balaban J connectivity index is 1.41. The molecule has 3 heterocycles. The van der Waals surface area contributed by atoms with Gasteiger partial charge in [0.2, 0.25) is 5.91 Å². The molecule has 2 aromatic carbocycles. The summed E-state index contributed by atoms with van der Waals surface area (Å²) in [6.07, 6.45) is 7.51. The minimum atomic E-state index is -2.23. The van der Waals surface area contributed by atoms with Crippen molar-refractivity contribution in [3.63, 3.8) is 0 Å². The zero-order valence-corrected chi connectivity index (χ0v) is 23.7. The number of nitrogens with zero attached hydrogens (tertiary/aromatic N) is 4. The SMILES string of the molecule is [2H]C([2H])([2H])N1CCC[C@@H]1/C=C/C(=O)Nc1cc2c(Nc3ccc(OCc4ccccn4)c(Cl)c3)c(C#N)cnc2cc1OCC. The lowest BCUT2D eigenvalue weighted by atomic mass is 10.1. The maximum absolute atomic E-state index is 13.0. The molecule has 42 heavy (non-hydrogen) atoms. The second-order valence-electron chi connectivity index (χ2n) is 9.59. The summed E-state index contributed by atoms with van der Waals surface area (Å²) in [6, 6.07) is 16.0. The molecule has 2 N–H and O–H groups in total. The van der Waals surface area contributed by atoms with Gasteiger partial charge >= 0.3 is 0 Å². The summed E-state index contributed by atoms with van der Waals surface area (Å²) in [7, 11) is 0. The molecular weight excluding hydrogens is 552 g/mol. The molecule has 9 nitrogen and oxygen atoms in total. The van der Waals surface area contributed by atoms with Gasteiger partial charge in [-0.25, -0.2) is 0 Å². The van der Waals surface area contributed by atoms with Gasteiger partial charge in [-0.2, -0.15) is 5.26 Å². The molecular formula is C32H31ClN6O3. The van der Waals surface area contributed by atoms with Gasteiger partial charge < -0.3 is 20.1 Å². The third-order valence-electron chi connectivity index (χ3n) is 6.72. The van der Waals surface area contributed by atoms with Crippen molar-refractivity contribution < 1.29 is 18.4 Å². The number of carbonyl (C=O) groups excluding carboxylic acids is 1. The minimum absolute atomic E-state index is 0.255. The van der Waals surface area contributed by atoms with Crippen LogP contribution >= 0.6 is 11.6 Å². The predicted octanol–water partition coefficient (Wildman–Crippen LogP) is 6.47. The number of hydrogen-bond donors (Lipinski definition) is 2. The van der Waals surface area contributed by atoms with Crippen molar-refractivity contribution in [3.05, 3.63) is 89.4 Å². The average Bonchev–Trinajstić information content (AvgIpc) is 3.51. The molecule has 1 saturated heterocycles. The highest BCUT2D eigenvalue weighted by Gasteiger charge is 2.19. The number of nitriles is 1. The summed E-state index contributed by atoms with van der Waals surface area (Å²) in [5, 5.41) is 17.0. The van der Waals surface area contributed by atoms with E-state index in [1.165, 1.54) is 17.2 Å². The first-order chi connectivity index (χ1) is 21.7. The van der Waals surface area contributed by atoms with Crippen molar-refractivity contribution in [2.45, 2.75) is 32.4 Å². The summed E-state index contributed by atoms with van der Waals surface area (Å²) in [5.74, 6) is 0.434. The van der Waals surface area contributed by atoms with Crippen molar-refractivity contribution in [3.8, 4) is 17.6 Å². The summed E-state index contributed by atoms with van der Waals surface area (Å²) in [6.45, 7) is 0.641. The average molecular weight is 586 g/mol. The Labute approximate surface area is 254 Å². The van der Waals surface area contributed by atoms with E-state index in [-0.39, 0.29) is 18.2 Å². The summed E-state index contributed by atoms with van der Waals surface area (Å²) < 4.78 is 34.9. The third kappa shape index (κ3) is 6.79. The van der Waals surface area contributed by atoms with Gasteiger partial charge in [0.25, 0.3) is 0 Å². The highest BCUT2D eigenvalue weighted by molar-refractivity contribution is 6.32. The topological polar surface area (TPSA) is 112 Å². The number of anilines is 3. The van der Waals surface area contributed by atoms with Gasteiger partial charge in [0.15, 0.2) is 0 Å². The summed E-state index contributed by atoms with van der Waals surface area (Å²) in [5.41, 5.74) is 3.02. The minimum Gasteiger partial charge on any atom is -0.492 e. The normalized spacial score (nSPS) is 16.4. The van der Waals surface area contributed by atoms with Crippen LogP contribution < -0.4 is 20.1 Å². The Morgan fingerprint density at radius 3 is 2.90 bits per heavy atom. The second kappa shape index (κ2) is 13.3. The predicted molar refractivity (Wildman–Crippen MR) is 164 cm³/mol. The number of likely N-dealkylation sites (N-methyl/N-ethyl adjacent to an activating group) is 1. The number of aromatic nitrogens is 2. The first-order valence-corrected chi connectivity index (χ1v) is 13.9. The fourth-order valence-corrected chi connectivity index (χ4v) is 4.89. The number of hydrogen-bond acceptors (Lipinski definition) is 8. The lowest BCUT2D eigenvalue weighted by Gasteiger charge is -2.17. The maximum Gasteiger partial charge on any atom is 0.248 e. The lowest BCUT2D eigenvalue weighted by molar-refractivity contribution is -0.112. The smallest absolute Gasteiger partial charge is 0.248 e. The molecule has 1 fully saturated rings. The van der Waals surface area contributed by atoms with Crippen LogP contribution in [0.4, 0.5) is 17.1 Å². The molecule has 1 amide bonds. The van der Waals surface area contributed by atoms with E-state index < -0.39 is 12.9 Å². The van der Waals surface area contributed by atoms with Crippen molar-refractivity contribution in [1.82, 2.24) is 14.9 Å². The van der Waals surface area contributed by atoms with Gasteiger partial charge in [0.1, 0.15) is 24.2 Å². The lowest BCUT2D eigenvalue weighted by Crippen LogP contribution is -2.23. The third-order valence-corrected chi connectivity index (χ3v) is 7.01. The van der Waals surface area contributed by atoms with E-state index in [4.69, 9.17) is 25.2 Å². The van der Waals surface area contributed by atoms with Gasteiger partial charge in [0, 0.05) is 45.8 Å². The highest BCUT2D eigenvalue weighted by Crippen LogP contribution is 2.37. The zero-order chi connectivity index (χ0) is 32.0. The van der Waals surface area contributed by atoms with E-state index in [0.29, 0.717) is 64.1 Å². The van der Waals surface area contributed by atoms with Crippen molar-refractivity contribution in [1.29, 1.82) is 5.26 Å². The molecule has 4 aromatic rings. The molecule has 0 aliphatic carbocycles. The maximum atomic E-state index is 13.0. The summed E-state index contributed by atoms with van der Waals surface area (Å²) in [4.78, 5) is 23.1. The Morgan fingerprint density at radius 2 is 2.14 bits per heavy atom. The van der Waals surface area contributed by atoms with E-state index in [9.17, 15) is 10.1 Å². The van der Waals surface area contributed by atoms with Gasteiger partial charge in [-0.05, 0) is 69.7 Å². The van der Waals surface area contributed by atoms with Gasteiger partial charge in [0.05, 0.1) is 39.8 Å². The second-order valence-corrected chi connectivity index (χ2v) is 10.00. The molecule has 0 unspecified atom stereocenters. The Kier molecular flexibility index (Phi) is 7.97. The fraction of sp³-hybridized carbons (Fsp3) is 0.250. The largest absolute Gasteiger partial charge is 0.492 e. The van der Waals surface area contributed by atoms with E-state index in [0.717, 1.165) is 12.1 Å². The number of rotatable bonds is 10. The van der Waals surface area contributed by atoms with Crippen molar-refractivity contribution >= 4 is 45.5 Å². The number of likely N-dealkylation sites (tertiary alicyclic amines) is 1. The molecule has 1 aliphatic heterocycles. The van der Waals surface area contributed by atoms with E-state index >= 15 is 0 Å². The molecule has 2 aromatic heterocycles. The Morgan fingerprint density at radius 1 is 1.24 bits per heavy atom. The highest BCUT2D eigenvalue weighted by atomic mass is 35.5. The molecule has 0 radical (unpaired) electrons. The quantitative estimate of drug-likeness (QED) is 0.204. The molecule has 0 spiro atoms. The van der Waals surface area contributed by atoms with E-state index in [2.05, 4.69) is 26.7 Å². The first kappa shape index (κ1) is 25.1. The van der Waals surface area contributed by atoms with Crippen LogP contribution in [-0.2, 0) is 11.4 Å². The number of carbonyl (C=O) groups is 1. The van der Waals surface area contributed by atoms with Crippen LogP contribution in [0.5, 0.6) is 11.5 Å². The van der Waals surface area contributed by atoms with Crippen LogP contribution in [0.1, 0.15) is 35.1 Å². The van der Waals surface area contributed by atoms with E-state index in [1.54, 1.807) is 42.6 Å². The molecule has 5 rings (SSSR count). The van der Waals surface area contributed by atoms with Crippen LogP contribution in [0.15, 0.2) is 73.1 Å². The Hall–Kier alpha value is -4.65. The van der Waals surface area contributed by atoms with Crippen LogP contribution in [0.2, 0.25) is 5.02 Å². The molecule has 0 saturated carbocycles. The van der Waals surface area contributed by atoms with E-state index in [1.807, 2.05) is 25.1 Å². The number of ether oxygens (including phenoxy) is 2. The fourth-order valence-electron chi connectivity index (χ4n) is 4.65. The van der Waals surface area contributed by atoms with Crippen molar-refractivity contribution in [2.24, 2.45) is 0 Å². The number of benzene rings is 2. The molecule has 214 valence electrons. The van der Waals surface area contributed by atoms with Gasteiger partial charge in [-0.3, -0.25) is 19.7 Å². The van der Waals surface area contributed by atoms with Crippen LogP contribution in [0, 0.1) is 11.3 Å². The molecule has 1 aliphatic rings. The Bertz CT molecular complexity index is 1760. The zero-order valence-electron chi connectivity index (χ0n) is 25.9. The number of fused-ring (bicyclic) bond motifs is 1. The van der Waals surface area contributed by atoms with Crippen LogP contribution in [-0.4, -0.2) is 46.9 Å². The van der Waals surface area contributed by atoms with Gasteiger partial charge in [-0.1, -0.05) is 23.7 Å². The standard InChI is InChI=1S/C32H31ClN6O3/c1-3-41-30-17-27-25(16-28(30)38-31(40)12-10-24-8-6-14-39(24)2)32(21(18-34)19-36-27)37-22-9-11-29(26(33)15-22)42-20-23-7-4-5-13-35-23/h4-5,7,9-13,15-17,19,24H,3,6,8,14,20H2,1-2H3,(H,36,37)(H,38,40)/b12-10+/t24-/m1/s1/i2D3. The van der Waals surface area contributed by atoms with Crippen LogP contribution in [0.3, 0.4) is 0 Å². The number of amides is 1. The monoisotopic (exact) mass is 585 g/mol. The number of nitrogens with one attached hydrogen (secondary N) is 2. The first-order valence-electron chi connectivity index (χ1n) is 15.0. The number of pyridine rings is 2. The van der Waals surface area contributed by atoms with Gasteiger partial charge in [-0.15, -0.1) is 0 Å². The molecule has 0 bridgehead atoms.